The molecule has 0 aromatic carbocycles. The number of hydrogen-bond acceptors (Lipinski definition) is 5. The molecule has 0 saturated heterocycles. The highest BCUT2D eigenvalue weighted by Gasteiger charge is 2.08. The maximum absolute atomic E-state index is 5.68. The number of pyridine rings is 1. The highest BCUT2D eigenvalue weighted by atomic mass is 79.9. The molecule has 2 aromatic rings. The molecule has 0 radical (unpaired) electrons. The van der Waals surface area contributed by atoms with E-state index in [9.17, 15) is 0 Å². The van der Waals surface area contributed by atoms with E-state index in [1.165, 1.54) is 0 Å². The van der Waals surface area contributed by atoms with Gasteiger partial charge in [-0.15, -0.1) is 0 Å². The number of rotatable bonds is 5. The monoisotopic (exact) mass is 386 g/mol. The van der Waals surface area contributed by atoms with Gasteiger partial charge in [-0.3, -0.25) is 4.98 Å². The van der Waals surface area contributed by atoms with Gasteiger partial charge in [0, 0.05) is 17.2 Å². The van der Waals surface area contributed by atoms with Gasteiger partial charge >= 0.3 is 0 Å². The van der Waals surface area contributed by atoms with Crippen LogP contribution in [-0.4, -0.2) is 21.5 Å². The van der Waals surface area contributed by atoms with Gasteiger partial charge in [0.15, 0.2) is 0 Å². The van der Waals surface area contributed by atoms with E-state index in [-0.39, 0.29) is 0 Å². The molecule has 2 aromatic heterocycles. The van der Waals surface area contributed by atoms with Crippen LogP contribution in [0.15, 0.2) is 33.6 Å². The molecule has 19 heavy (non-hydrogen) atoms. The third kappa shape index (κ3) is 4.14. The van der Waals surface area contributed by atoms with Crippen LogP contribution >= 0.6 is 31.9 Å². The summed E-state index contributed by atoms with van der Waals surface area (Å²) in [5.41, 5.74) is 0. The lowest BCUT2D eigenvalue weighted by atomic mass is 10.4. The average Bonchev–Trinajstić information content (AvgIpc) is 2.40. The van der Waals surface area contributed by atoms with E-state index in [1.807, 2.05) is 6.07 Å². The molecule has 7 heteroatoms. The summed E-state index contributed by atoms with van der Waals surface area (Å²) in [6.45, 7) is 2.90. The normalized spacial score (nSPS) is 10.3. The number of ether oxygens (including phenoxy) is 1. The first-order valence-corrected chi connectivity index (χ1v) is 7.32. The fourth-order valence-corrected chi connectivity index (χ4v) is 1.92. The van der Waals surface area contributed by atoms with Crippen LogP contribution in [0.1, 0.15) is 13.3 Å². The molecule has 0 aliphatic carbocycles. The third-order valence-electron chi connectivity index (χ3n) is 2.14. The maximum atomic E-state index is 5.68. The number of aromatic nitrogens is 3. The van der Waals surface area contributed by atoms with Crippen molar-refractivity contribution in [1.82, 2.24) is 15.0 Å². The van der Waals surface area contributed by atoms with E-state index < -0.39 is 0 Å². The Morgan fingerprint density at radius 3 is 2.84 bits per heavy atom. The van der Waals surface area contributed by atoms with E-state index in [4.69, 9.17) is 4.74 Å². The Labute approximate surface area is 128 Å². The van der Waals surface area contributed by atoms with Crippen LogP contribution in [0.2, 0.25) is 0 Å². The van der Waals surface area contributed by atoms with E-state index >= 15 is 0 Å². The van der Waals surface area contributed by atoms with Crippen molar-refractivity contribution in [3.8, 4) is 11.6 Å². The van der Waals surface area contributed by atoms with E-state index in [1.54, 1.807) is 18.6 Å². The lowest BCUT2D eigenvalue weighted by molar-refractivity contribution is 0.456. The SMILES string of the molecule is CCCNc1ncc(Br)c(Oc2cncc(Br)c2)n1. The molecule has 2 rings (SSSR count). The molecule has 0 atom stereocenters. The molecule has 0 saturated carbocycles. The van der Waals surface area contributed by atoms with Gasteiger partial charge < -0.3 is 10.1 Å². The summed E-state index contributed by atoms with van der Waals surface area (Å²) in [4.78, 5) is 12.5. The molecule has 0 spiro atoms. The van der Waals surface area contributed by atoms with Gasteiger partial charge in [-0.25, -0.2) is 4.98 Å². The number of halogens is 2. The topological polar surface area (TPSA) is 59.9 Å². The second-order valence-electron chi connectivity index (χ2n) is 3.71. The number of hydrogen-bond donors (Lipinski definition) is 1. The van der Waals surface area contributed by atoms with Crippen molar-refractivity contribution in [3.05, 3.63) is 33.6 Å². The second kappa shape index (κ2) is 6.81. The Morgan fingerprint density at radius 1 is 1.26 bits per heavy atom. The number of nitrogens with one attached hydrogen (secondary N) is 1. The van der Waals surface area contributed by atoms with Crippen LogP contribution in [-0.2, 0) is 0 Å². The van der Waals surface area contributed by atoms with Crippen molar-refractivity contribution in [1.29, 1.82) is 0 Å². The molecule has 0 unspecified atom stereocenters. The van der Waals surface area contributed by atoms with Gasteiger partial charge in [-0.05, 0) is 44.3 Å². The van der Waals surface area contributed by atoms with Crippen LogP contribution in [0, 0.1) is 0 Å². The van der Waals surface area contributed by atoms with E-state index in [2.05, 4.69) is 59.1 Å². The van der Waals surface area contributed by atoms with Crippen LogP contribution in [0.25, 0.3) is 0 Å². The largest absolute Gasteiger partial charge is 0.436 e. The Bertz CT molecular complexity index is 565. The van der Waals surface area contributed by atoms with Crippen molar-refractivity contribution in [2.75, 3.05) is 11.9 Å². The summed E-state index contributed by atoms with van der Waals surface area (Å²) in [5.74, 6) is 1.60. The Balaban J connectivity index is 2.19. The van der Waals surface area contributed by atoms with Gasteiger partial charge in [0.05, 0.1) is 16.9 Å². The molecule has 5 nitrogen and oxygen atoms in total. The van der Waals surface area contributed by atoms with Gasteiger partial charge in [0.1, 0.15) is 5.75 Å². The Kier molecular flexibility index (Phi) is 5.09. The van der Waals surface area contributed by atoms with Crippen molar-refractivity contribution >= 4 is 37.8 Å². The molecule has 2 heterocycles. The molecule has 0 bridgehead atoms. The predicted molar refractivity (Wildman–Crippen MR) is 80.5 cm³/mol. The molecule has 0 fully saturated rings. The first-order valence-electron chi connectivity index (χ1n) is 5.74. The fraction of sp³-hybridized carbons (Fsp3) is 0.250. The molecule has 0 aliphatic heterocycles. The standard InChI is InChI=1S/C12H12Br2N4O/c1-2-3-16-12-17-7-10(14)11(18-12)19-9-4-8(13)5-15-6-9/h4-7H,2-3H2,1H3,(H,16,17,18). The zero-order valence-electron chi connectivity index (χ0n) is 10.2. The summed E-state index contributed by atoms with van der Waals surface area (Å²) in [5, 5.41) is 3.11. The third-order valence-corrected chi connectivity index (χ3v) is 3.12. The summed E-state index contributed by atoms with van der Waals surface area (Å²) in [6.07, 6.45) is 5.98. The lowest BCUT2D eigenvalue weighted by Crippen LogP contribution is -2.05. The summed E-state index contributed by atoms with van der Waals surface area (Å²) in [7, 11) is 0. The molecular weight excluding hydrogens is 376 g/mol. The molecule has 100 valence electrons. The Hall–Kier alpha value is -1.21. The van der Waals surface area contributed by atoms with Gasteiger partial charge in [0.2, 0.25) is 11.8 Å². The minimum Gasteiger partial charge on any atom is -0.436 e. The van der Waals surface area contributed by atoms with Gasteiger partial charge in [0.25, 0.3) is 0 Å². The second-order valence-corrected chi connectivity index (χ2v) is 5.48. The zero-order valence-corrected chi connectivity index (χ0v) is 13.4. The average molecular weight is 388 g/mol. The van der Waals surface area contributed by atoms with Crippen LogP contribution in [0.5, 0.6) is 11.6 Å². The van der Waals surface area contributed by atoms with Gasteiger partial charge in [-0.1, -0.05) is 6.92 Å². The quantitative estimate of drug-likeness (QED) is 0.839. The molecule has 0 amide bonds. The van der Waals surface area contributed by atoms with Crippen molar-refractivity contribution < 1.29 is 4.74 Å². The minimum absolute atomic E-state index is 0.452. The number of nitrogens with zero attached hydrogens (tertiary/aromatic N) is 3. The first-order chi connectivity index (χ1) is 9.19. The van der Waals surface area contributed by atoms with Crippen LogP contribution in [0.4, 0.5) is 5.95 Å². The Morgan fingerprint density at radius 2 is 2.11 bits per heavy atom. The highest BCUT2D eigenvalue weighted by Crippen LogP contribution is 2.28. The maximum Gasteiger partial charge on any atom is 0.238 e. The molecule has 0 aliphatic rings. The van der Waals surface area contributed by atoms with Gasteiger partial charge in [-0.2, -0.15) is 4.98 Å². The van der Waals surface area contributed by atoms with Crippen molar-refractivity contribution in [2.24, 2.45) is 0 Å². The fourth-order valence-electron chi connectivity index (χ4n) is 1.30. The summed E-state index contributed by atoms with van der Waals surface area (Å²) < 4.78 is 7.22. The molecular formula is C12H12Br2N4O. The smallest absolute Gasteiger partial charge is 0.238 e. The van der Waals surface area contributed by atoms with Crippen molar-refractivity contribution in [2.45, 2.75) is 13.3 Å². The number of anilines is 1. The van der Waals surface area contributed by atoms with Crippen LogP contribution in [0.3, 0.4) is 0 Å². The zero-order chi connectivity index (χ0) is 13.7. The summed E-state index contributed by atoms with van der Waals surface area (Å²) >= 11 is 6.71. The first kappa shape index (κ1) is 14.2. The highest BCUT2D eigenvalue weighted by molar-refractivity contribution is 9.10. The van der Waals surface area contributed by atoms with E-state index in [0.717, 1.165) is 17.4 Å². The van der Waals surface area contributed by atoms with E-state index in [0.29, 0.717) is 22.1 Å². The minimum atomic E-state index is 0.452. The predicted octanol–water partition coefficient (Wildman–Crippen LogP) is 4.01. The van der Waals surface area contributed by atoms with Crippen LogP contribution < -0.4 is 10.1 Å². The van der Waals surface area contributed by atoms with Crippen molar-refractivity contribution in [3.63, 3.8) is 0 Å². The lowest BCUT2D eigenvalue weighted by Gasteiger charge is -2.08. The summed E-state index contributed by atoms with van der Waals surface area (Å²) in [6, 6.07) is 1.82. The molecule has 1 N–H and O–H groups in total.